The number of phenols is 1. The van der Waals surface area contributed by atoms with Crippen molar-refractivity contribution in [3.8, 4) is 5.75 Å². The maximum atomic E-state index is 13.2. The molecule has 1 atom stereocenters. The van der Waals surface area contributed by atoms with Crippen molar-refractivity contribution in [1.82, 2.24) is 4.72 Å². The molecule has 0 spiro atoms. The topological polar surface area (TPSA) is 86.6 Å². The molecule has 0 saturated heterocycles. The van der Waals surface area contributed by atoms with Gasteiger partial charge in [-0.3, -0.25) is 4.72 Å². The van der Waals surface area contributed by atoms with E-state index in [0.29, 0.717) is 16.8 Å². The van der Waals surface area contributed by atoms with Gasteiger partial charge in [0.15, 0.2) is 0 Å². The smallest absolute Gasteiger partial charge is 0.261 e. The molecule has 5 nitrogen and oxygen atoms in total. The van der Waals surface area contributed by atoms with Gasteiger partial charge < -0.3 is 10.2 Å². The zero-order valence-electron chi connectivity index (χ0n) is 16.7. The minimum atomic E-state index is -3.87. The third-order valence-corrected chi connectivity index (χ3v) is 6.92. The normalized spacial score (nSPS) is 16.6. The van der Waals surface area contributed by atoms with Gasteiger partial charge in [-0.15, -0.1) is 0 Å². The summed E-state index contributed by atoms with van der Waals surface area (Å²) in [7, 11) is -3.87. The second-order valence-corrected chi connectivity index (χ2v) is 9.39. The number of aromatic hydroxyl groups is 1. The van der Waals surface area contributed by atoms with Gasteiger partial charge in [0.2, 0.25) is 0 Å². The van der Waals surface area contributed by atoms with E-state index in [2.05, 4.69) is 10.8 Å². The Morgan fingerprint density at radius 2 is 1.93 bits per heavy atom. The molecule has 2 aromatic rings. The van der Waals surface area contributed by atoms with Gasteiger partial charge in [-0.25, -0.2) is 8.42 Å². The van der Waals surface area contributed by atoms with E-state index in [0.717, 1.165) is 12.0 Å². The summed E-state index contributed by atoms with van der Waals surface area (Å²) in [6.07, 6.45) is 2.64. The largest absolute Gasteiger partial charge is 0.507 e. The molecule has 3 N–H and O–H groups in total. The first-order chi connectivity index (χ1) is 13.2. The van der Waals surface area contributed by atoms with E-state index in [1.807, 2.05) is 45.0 Å². The lowest BCUT2D eigenvalue weighted by Crippen LogP contribution is -2.29. The summed E-state index contributed by atoms with van der Waals surface area (Å²) in [6, 6.07) is 9.46. The van der Waals surface area contributed by atoms with Crippen molar-refractivity contribution >= 4 is 16.1 Å². The number of fused-ring (bicyclic) bond motifs is 1. The van der Waals surface area contributed by atoms with Gasteiger partial charge in [0.1, 0.15) is 5.75 Å². The fourth-order valence-corrected chi connectivity index (χ4v) is 5.17. The van der Waals surface area contributed by atoms with Crippen LogP contribution < -0.4 is 4.72 Å². The van der Waals surface area contributed by atoms with Crippen molar-refractivity contribution in [1.29, 1.82) is 0 Å². The highest BCUT2D eigenvalue weighted by atomic mass is 32.2. The first-order valence-electron chi connectivity index (χ1n) is 9.44. The summed E-state index contributed by atoms with van der Waals surface area (Å²) in [5.74, 6) is -0.0864. The van der Waals surface area contributed by atoms with Crippen LogP contribution in [0, 0.1) is 12.8 Å². The number of nitrogens with one attached hydrogen (secondary N) is 1. The molecule has 0 saturated carbocycles. The van der Waals surface area contributed by atoms with Gasteiger partial charge in [-0.1, -0.05) is 45.0 Å². The Hall–Kier alpha value is -2.31. The zero-order chi connectivity index (χ0) is 20.6. The molecule has 1 aliphatic carbocycles. The number of benzene rings is 2. The maximum Gasteiger partial charge on any atom is 0.261 e. The molecule has 6 heteroatoms. The third-order valence-electron chi connectivity index (χ3n) is 5.41. The monoisotopic (exact) mass is 401 g/mol. The zero-order valence-corrected chi connectivity index (χ0v) is 17.5. The van der Waals surface area contributed by atoms with E-state index in [9.17, 15) is 18.6 Å². The van der Waals surface area contributed by atoms with Crippen LogP contribution in [0.3, 0.4) is 0 Å². The van der Waals surface area contributed by atoms with Crippen molar-refractivity contribution in [3.63, 3.8) is 0 Å². The molecular weight excluding hydrogens is 374 g/mol. The van der Waals surface area contributed by atoms with Crippen LogP contribution in [0.5, 0.6) is 5.75 Å². The van der Waals surface area contributed by atoms with Crippen LogP contribution in [0.15, 0.2) is 40.9 Å². The molecule has 1 aliphatic rings. The van der Waals surface area contributed by atoms with E-state index in [1.165, 1.54) is 11.6 Å². The first-order valence-corrected chi connectivity index (χ1v) is 10.9. The number of hydrogen-bond acceptors (Lipinski definition) is 4. The summed E-state index contributed by atoms with van der Waals surface area (Å²) in [5, 5.41) is 20.1. The summed E-state index contributed by atoms with van der Waals surface area (Å²) in [5.41, 5.74) is 3.97. The number of rotatable bonds is 5. The van der Waals surface area contributed by atoms with E-state index >= 15 is 0 Å². The van der Waals surface area contributed by atoms with E-state index < -0.39 is 16.6 Å². The second-order valence-electron chi connectivity index (χ2n) is 7.74. The van der Waals surface area contributed by atoms with Gasteiger partial charge in [0.05, 0.1) is 11.5 Å². The Labute approximate surface area is 166 Å². The Morgan fingerprint density at radius 1 is 1.25 bits per heavy atom. The van der Waals surface area contributed by atoms with Gasteiger partial charge >= 0.3 is 0 Å². The van der Waals surface area contributed by atoms with Gasteiger partial charge in [-0.2, -0.15) is 0 Å². The van der Waals surface area contributed by atoms with Crippen LogP contribution in [0.4, 0.5) is 0 Å². The quantitative estimate of drug-likeness (QED) is 0.711. The van der Waals surface area contributed by atoms with Crippen LogP contribution in [0.1, 0.15) is 54.5 Å². The van der Waals surface area contributed by atoms with E-state index in [4.69, 9.17) is 0 Å². The van der Waals surface area contributed by atoms with Crippen LogP contribution >= 0.6 is 0 Å². The lowest BCUT2D eigenvalue weighted by Gasteiger charge is -2.25. The average Bonchev–Trinajstić information content (AvgIpc) is 2.62. The molecule has 150 valence electrons. The van der Waals surface area contributed by atoms with E-state index in [-0.39, 0.29) is 28.0 Å². The maximum absolute atomic E-state index is 13.2. The number of sulfonamides is 1. The Balaban J connectivity index is 2.07. The van der Waals surface area contributed by atoms with Gasteiger partial charge in [0, 0.05) is 17.2 Å². The molecule has 0 bridgehead atoms. The second kappa shape index (κ2) is 7.60. The number of aliphatic hydroxyl groups is 1. The first kappa shape index (κ1) is 20.4. The van der Waals surface area contributed by atoms with Crippen molar-refractivity contribution in [2.75, 3.05) is 0 Å². The highest BCUT2D eigenvalue weighted by Gasteiger charge is 2.27. The molecule has 3 rings (SSSR count). The lowest BCUT2D eigenvalue weighted by molar-refractivity contribution is 0.273. The molecule has 1 unspecified atom stereocenters. The standard InChI is InChI=1S/C22H27NO4S/c1-13(2)18-11-21(15(4)19(12-24)22(18)25)28(26,27)23-20-10-17-8-6-5-7-16(17)9-14(20)3/h5-8,10-11,13-14,23-25H,9,12H2,1-4H3. The molecular formula is C22H27NO4S. The molecule has 0 amide bonds. The number of allylic oxidation sites excluding steroid dienone is 1. The highest BCUT2D eigenvalue weighted by molar-refractivity contribution is 7.89. The third kappa shape index (κ3) is 3.66. The van der Waals surface area contributed by atoms with Crippen molar-refractivity contribution in [2.45, 2.75) is 51.5 Å². The number of aliphatic hydroxyl groups excluding tert-OH is 1. The highest BCUT2D eigenvalue weighted by Crippen LogP contribution is 2.36. The molecule has 0 radical (unpaired) electrons. The lowest BCUT2D eigenvalue weighted by atomic mass is 9.88. The predicted molar refractivity (Wildman–Crippen MR) is 110 cm³/mol. The van der Waals surface area contributed by atoms with Gasteiger partial charge in [0.25, 0.3) is 10.0 Å². The minimum Gasteiger partial charge on any atom is -0.507 e. The summed E-state index contributed by atoms with van der Waals surface area (Å²) in [4.78, 5) is 0.0880. The van der Waals surface area contributed by atoms with Crippen LogP contribution in [0.2, 0.25) is 0 Å². The molecule has 2 aromatic carbocycles. The van der Waals surface area contributed by atoms with Crippen LogP contribution in [-0.4, -0.2) is 18.6 Å². The Bertz CT molecular complexity index is 1040. The van der Waals surface area contributed by atoms with Gasteiger partial charge in [-0.05, 0) is 53.7 Å². The van der Waals surface area contributed by atoms with Crippen LogP contribution in [0.25, 0.3) is 6.08 Å². The van der Waals surface area contributed by atoms with Crippen molar-refractivity contribution < 1.29 is 18.6 Å². The predicted octanol–water partition coefficient (Wildman–Crippen LogP) is 3.83. The summed E-state index contributed by atoms with van der Waals surface area (Å²) >= 11 is 0. The Morgan fingerprint density at radius 3 is 2.57 bits per heavy atom. The fraction of sp³-hybridized carbons (Fsp3) is 0.364. The van der Waals surface area contributed by atoms with Crippen molar-refractivity contribution in [3.05, 3.63) is 63.8 Å². The molecule has 0 aliphatic heterocycles. The molecule has 28 heavy (non-hydrogen) atoms. The molecule has 0 aromatic heterocycles. The fourth-order valence-electron chi connectivity index (χ4n) is 3.68. The molecule has 0 fully saturated rings. The average molecular weight is 402 g/mol. The summed E-state index contributed by atoms with van der Waals surface area (Å²) in [6.45, 7) is 6.92. The SMILES string of the molecule is Cc1c(S(=O)(=O)NC2=Cc3ccccc3CC2C)cc(C(C)C)c(O)c1CO. The Kier molecular flexibility index (Phi) is 5.55. The molecule has 0 heterocycles. The van der Waals surface area contributed by atoms with E-state index in [1.54, 1.807) is 6.92 Å². The van der Waals surface area contributed by atoms with Crippen molar-refractivity contribution in [2.24, 2.45) is 5.92 Å². The minimum absolute atomic E-state index is 0.0315. The van der Waals surface area contributed by atoms with Crippen LogP contribution in [-0.2, 0) is 23.1 Å². The summed E-state index contributed by atoms with van der Waals surface area (Å²) < 4.78 is 29.2. The number of hydrogen-bond donors (Lipinski definition) is 3.